The normalized spacial score (nSPS) is 10.5. The van der Waals surface area contributed by atoms with Gasteiger partial charge in [0.05, 0.1) is 16.1 Å². The third kappa shape index (κ3) is 3.92. The van der Waals surface area contributed by atoms with Crippen molar-refractivity contribution in [2.75, 3.05) is 0 Å². The molecular formula is C21H15FN4O2S. The first-order valence-electron chi connectivity index (χ1n) is 8.68. The molecule has 0 bridgehead atoms. The van der Waals surface area contributed by atoms with Crippen LogP contribution in [0.15, 0.2) is 78.2 Å². The van der Waals surface area contributed by atoms with Gasteiger partial charge in [-0.25, -0.2) is 9.07 Å². The van der Waals surface area contributed by atoms with Crippen molar-refractivity contribution in [1.29, 1.82) is 0 Å². The second-order valence-electron chi connectivity index (χ2n) is 6.03. The molecule has 0 radical (unpaired) electrons. The van der Waals surface area contributed by atoms with Gasteiger partial charge in [-0.1, -0.05) is 36.4 Å². The highest BCUT2D eigenvalue weighted by Gasteiger charge is 2.19. The minimum absolute atomic E-state index is 0.163. The summed E-state index contributed by atoms with van der Waals surface area (Å²) in [5.74, 6) is -2.00. The van der Waals surface area contributed by atoms with E-state index < -0.39 is 17.6 Å². The molecule has 2 heterocycles. The van der Waals surface area contributed by atoms with Crippen LogP contribution in [0.1, 0.15) is 20.8 Å². The zero-order chi connectivity index (χ0) is 20.2. The maximum atomic E-state index is 13.7. The van der Waals surface area contributed by atoms with Crippen molar-refractivity contribution < 1.29 is 14.0 Å². The zero-order valence-electron chi connectivity index (χ0n) is 15.0. The SMILES string of the molecule is O=C(NNC(=O)c1cc(-c2cccs2)nn1-c1ccccc1)c1ccccc1F. The Morgan fingerprint density at radius 2 is 1.62 bits per heavy atom. The number of aromatic nitrogens is 2. The van der Waals surface area contributed by atoms with Crippen molar-refractivity contribution in [1.82, 2.24) is 20.6 Å². The predicted octanol–water partition coefficient (Wildman–Crippen LogP) is 3.81. The molecule has 0 saturated heterocycles. The van der Waals surface area contributed by atoms with Crippen LogP contribution < -0.4 is 10.9 Å². The highest BCUT2D eigenvalue weighted by atomic mass is 32.1. The van der Waals surface area contributed by atoms with Gasteiger partial charge < -0.3 is 0 Å². The van der Waals surface area contributed by atoms with E-state index in [9.17, 15) is 14.0 Å². The molecule has 144 valence electrons. The van der Waals surface area contributed by atoms with Gasteiger partial charge in [0.1, 0.15) is 17.2 Å². The Hall–Kier alpha value is -3.78. The molecule has 4 rings (SSSR count). The molecule has 0 spiro atoms. The Bertz CT molecular complexity index is 1160. The van der Waals surface area contributed by atoms with Crippen molar-refractivity contribution >= 4 is 23.2 Å². The third-order valence-corrected chi connectivity index (χ3v) is 5.02. The van der Waals surface area contributed by atoms with Crippen molar-refractivity contribution in [3.8, 4) is 16.3 Å². The van der Waals surface area contributed by atoms with Gasteiger partial charge in [-0.2, -0.15) is 5.10 Å². The molecule has 0 saturated carbocycles. The first-order valence-corrected chi connectivity index (χ1v) is 9.56. The molecule has 0 aliphatic heterocycles. The van der Waals surface area contributed by atoms with Crippen LogP contribution in [-0.2, 0) is 0 Å². The van der Waals surface area contributed by atoms with Crippen molar-refractivity contribution in [2.45, 2.75) is 0 Å². The van der Waals surface area contributed by atoms with Crippen molar-refractivity contribution in [3.05, 3.63) is 95.3 Å². The Balaban J connectivity index is 1.60. The summed E-state index contributed by atoms with van der Waals surface area (Å²) in [5, 5.41) is 6.46. The predicted molar refractivity (Wildman–Crippen MR) is 108 cm³/mol. The first kappa shape index (κ1) is 18.6. The maximum absolute atomic E-state index is 13.7. The Labute approximate surface area is 169 Å². The number of halogens is 1. The number of hydrogen-bond acceptors (Lipinski definition) is 4. The van der Waals surface area contributed by atoms with Crippen LogP contribution in [0, 0.1) is 5.82 Å². The smallest absolute Gasteiger partial charge is 0.267 e. The fraction of sp³-hybridized carbons (Fsp3) is 0. The van der Waals surface area contributed by atoms with E-state index in [-0.39, 0.29) is 11.3 Å². The zero-order valence-corrected chi connectivity index (χ0v) is 15.8. The van der Waals surface area contributed by atoms with Gasteiger partial charge in [-0.05, 0) is 41.8 Å². The minimum Gasteiger partial charge on any atom is -0.267 e. The number of carbonyl (C=O) groups excluding carboxylic acids is 2. The fourth-order valence-corrected chi connectivity index (χ4v) is 3.43. The fourth-order valence-electron chi connectivity index (χ4n) is 2.74. The standard InChI is InChI=1S/C21H15FN4O2S/c22-16-10-5-4-9-15(16)20(27)23-24-21(28)18-13-17(19-11-6-12-29-19)25-26(18)14-7-2-1-3-8-14/h1-13H,(H,23,27)(H,24,28). The summed E-state index contributed by atoms with van der Waals surface area (Å²) in [6.45, 7) is 0. The number of thiophene rings is 1. The van der Waals surface area contributed by atoms with Gasteiger partial charge in [0.25, 0.3) is 11.8 Å². The van der Waals surface area contributed by atoms with Gasteiger partial charge in [0.2, 0.25) is 0 Å². The van der Waals surface area contributed by atoms with Crippen LogP contribution in [0.4, 0.5) is 4.39 Å². The summed E-state index contributed by atoms with van der Waals surface area (Å²) >= 11 is 1.50. The van der Waals surface area contributed by atoms with E-state index in [0.29, 0.717) is 11.4 Å². The molecule has 0 atom stereocenters. The van der Waals surface area contributed by atoms with Gasteiger partial charge >= 0.3 is 0 Å². The van der Waals surface area contributed by atoms with E-state index in [0.717, 1.165) is 4.88 Å². The summed E-state index contributed by atoms with van der Waals surface area (Å²) in [6, 6.07) is 20.2. The lowest BCUT2D eigenvalue weighted by Gasteiger charge is -2.09. The number of nitrogens with one attached hydrogen (secondary N) is 2. The first-order chi connectivity index (χ1) is 14.1. The minimum atomic E-state index is -0.749. The molecule has 4 aromatic rings. The third-order valence-electron chi connectivity index (χ3n) is 4.12. The number of nitrogens with zero attached hydrogens (tertiary/aromatic N) is 2. The highest BCUT2D eigenvalue weighted by Crippen LogP contribution is 2.25. The average molecular weight is 406 g/mol. The molecule has 29 heavy (non-hydrogen) atoms. The number of para-hydroxylation sites is 1. The van der Waals surface area contributed by atoms with Crippen LogP contribution in [0.3, 0.4) is 0 Å². The van der Waals surface area contributed by atoms with Crippen LogP contribution in [0.25, 0.3) is 16.3 Å². The van der Waals surface area contributed by atoms with Crippen LogP contribution in [0.5, 0.6) is 0 Å². The molecule has 0 aliphatic rings. The molecule has 8 heteroatoms. The van der Waals surface area contributed by atoms with Gasteiger partial charge in [0, 0.05) is 0 Å². The summed E-state index contributed by atoms with van der Waals surface area (Å²) in [7, 11) is 0. The Morgan fingerprint density at radius 1 is 0.897 bits per heavy atom. The van der Waals surface area contributed by atoms with Crippen molar-refractivity contribution in [3.63, 3.8) is 0 Å². The highest BCUT2D eigenvalue weighted by molar-refractivity contribution is 7.13. The monoisotopic (exact) mass is 406 g/mol. The van der Waals surface area contributed by atoms with E-state index in [2.05, 4.69) is 16.0 Å². The van der Waals surface area contributed by atoms with Crippen LogP contribution in [0.2, 0.25) is 0 Å². The Kier molecular flexibility index (Phi) is 5.17. The molecular weight excluding hydrogens is 391 g/mol. The summed E-state index contributed by atoms with van der Waals surface area (Å²) in [4.78, 5) is 25.8. The number of amides is 2. The topological polar surface area (TPSA) is 76.0 Å². The van der Waals surface area contributed by atoms with E-state index in [4.69, 9.17) is 0 Å². The van der Waals surface area contributed by atoms with E-state index >= 15 is 0 Å². The van der Waals surface area contributed by atoms with E-state index in [1.54, 1.807) is 6.07 Å². The molecule has 2 N–H and O–H groups in total. The van der Waals surface area contributed by atoms with Crippen LogP contribution >= 0.6 is 11.3 Å². The van der Waals surface area contributed by atoms with Gasteiger partial charge in [-0.15, -0.1) is 11.3 Å². The van der Waals surface area contributed by atoms with Crippen LogP contribution in [-0.4, -0.2) is 21.6 Å². The second-order valence-corrected chi connectivity index (χ2v) is 6.98. The number of hydrogen-bond donors (Lipinski definition) is 2. The molecule has 2 aromatic heterocycles. The van der Waals surface area contributed by atoms with Gasteiger partial charge in [0.15, 0.2) is 0 Å². The summed E-state index contributed by atoms with van der Waals surface area (Å²) in [6.07, 6.45) is 0. The molecule has 2 aromatic carbocycles. The second kappa shape index (κ2) is 8.07. The summed E-state index contributed by atoms with van der Waals surface area (Å²) in [5.41, 5.74) is 5.97. The quantitative estimate of drug-likeness (QED) is 0.506. The van der Waals surface area contributed by atoms with E-state index in [1.165, 1.54) is 40.3 Å². The lowest BCUT2D eigenvalue weighted by molar-refractivity contribution is 0.0840. The number of carbonyl (C=O) groups is 2. The average Bonchev–Trinajstić information content (AvgIpc) is 3.42. The molecule has 0 unspecified atom stereocenters. The number of rotatable bonds is 4. The molecule has 2 amide bonds. The largest absolute Gasteiger partial charge is 0.288 e. The van der Waals surface area contributed by atoms with E-state index in [1.807, 2.05) is 47.8 Å². The molecule has 0 aliphatic carbocycles. The number of hydrazine groups is 1. The lowest BCUT2D eigenvalue weighted by atomic mass is 10.2. The molecule has 6 nitrogen and oxygen atoms in total. The van der Waals surface area contributed by atoms with Crippen molar-refractivity contribution in [2.24, 2.45) is 0 Å². The lowest BCUT2D eigenvalue weighted by Crippen LogP contribution is -2.42. The maximum Gasteiger partial charge on any atom is 0.288 e. The number of benzene rings is 2. The van der Waals surface area contributed by atoms with Gasteiger partial charge in [-0.3, -0.25) is 20.4 Å². The molecule has 0 fully saturated rings. The summed E-state index contributed by atoms with van der Waals surface area (Å²) < 4.78 is 15.2. The Morgan fingerprint density at radius 3 is 2.34 bits per heavy atom.